The molecular formula is C16H17ClN2OS. The summed E-state index contributed by atoms with van der Waals surface area (Å²) in [4.78, 5) is 13.5. The lowest BCUT2D eigenvalue weighted by atomic mass is 10.1. The van der Waals surface area contributed by atoms with Crippen molar-refractivity contribution in [2.75, 3.05) is 5.32 Å². The second-order valence-electron chi connectivity index (χ2n) is 5.27. The summed E-state index contributed by atoms with van der Waals surface area (Å²) in [6, 6.07) is 11.8. The van der Waals surface area contributed by atoms with E-state index in [2.05, 4.69) is 23.6 Å². The quantitative estimate of drug-likeness (QED) is 0.897. The largest absolute Gasteiger partial charge is 0.324 e. The van der Waals surface area contributed by atoms with E-state index in [9.17, 15) is 4.79 Å². The first-order valence-corrected chi connectivity index (χ1v) is 8.23. The van der Waals surface area contributed by atoms with Crippen LogP contribution < -0.4 is 10.6 Å². The summed E-state index contributed by atoms with van der Waals surface area (Å²) in [7, 11) is 0. The third-order valence-electron chi connectivity index (χ3n) is 3.77. The molecule has 0 spiro atoms. The monoisotopic (exact) mass is 320 g/mol. The maximum Gasteiger partial charge on any atom is 0.241 e. The lowest BCUT2D eigenvalue weighted by Gasteiger charge is -2.20. The van der Waals surface area contributed by atoms with Crippen LogP contribution in [0.15, 0.2) is 36.4 Å². The van der Waals surface area contributed by atoms with Crippen LogP contribution in [0.4, 0.5) is 5.69 Å². The van der Waals surface area contributed by atoms with Crippen molar-refractivity contribution < 1.29 is 4.79 Å². The normalized spacial score (nSPS) is 19.5. The Balaban J connectivity index is 1.71. The maximum absolute atomic E-state index is 12.4. The number of hydrogen-bond donors (Lipinski definition) is 2. The van der Waals surface area contributed by atoms with Gasteiger partial charge in [-0.25, -0.2) is 0 Å². The zero-order valence-corrected chi connectivity index (χ0v) is 13.3. The van der Waals surface area contributed by atoms with Crippen molar-refractivity contribution in [2.45, 2.75) is 31.8 Å². The topological polar surface area (TPSA) is 41.1 Å². The summed E-state index contributed by atoms with van der Waals surface area (Å²) in [6.45, 7) is 2.06. The Morgan fingerprint density at radius 1 is 1.33 bits per heavy atom. The van der Waals surface area contributed by atoms with Crippen LogP contribution in [0.3, 0.4) is 0 Å². The molecule has 3 nitrogen and oxygen atoms in total. The molecule has 2 aromatic rings. The Kier molecular flexibility index (Phi) is 4.29. The van der Waals surface area contributed by atoms with E-state index in [-0.39, 0.29) is 18.0 Å². The number of carbonyl (C=O) groups is 1. The minimum Gasteiger partial charge on any atom is -0.324 e. The number of hydrogen-bond acceptors (Lipinski definition) is 3. The Bertz CT molecular complexity index is 655. The van der Waals surface area contributed by atoms with E-state index in [1.165, 1.54) is 5.56 Å². The average Bonchev–Trinajstić information content (AvgIpc) is 2.84. The lowest BCUT2D eigenvalue weighted by Crippen LogP contribution is -2.40. The van der Waals surface area contributed by atoms with Gasteiger partial charge in [0.2, 0.25) is 5.91 Å². The molecule has 2 atom stereocenters. The molecule has 0 radical (unpaired) electrons. The molecule has 2 N–H and O–H groups in total. The Morgan fingerprint density at radius 3 is 2.90 bits per heavy atom. The molecule has 2 heterocycles. The minimum absolute atomic E-state index is 0.0365. The third kappa shape index (κ3) is 3.28. The van der Waals surface area contributed by atoms with E-state index in [1.54, 1.807) is 11.3 Å². The van der Waals surface area contributed by atoms with E-state index < -0.39 is 0 Å². The molecule has 0 fully saturated rings. The highest BCUT2D eigenvalue weighted by Crippen LogP contribution is 2.28. The van der Waals surface area contributed by atoms with Crippen LogP contribution in [0.5, 0.6) is 0 Å². The van der Waals surface area contributed by atoms with E-state index in [1.807, 2.05) is 30.3 Å². The zero-order chi connectivity index (χ0) is 14.8. The van der Waals surface area contributed by atoms with Crippen molar-refractivity contribution in [3.05, 3.63) is 51.2 Å². The third-order valence-corrected chi connectivity index (χ3v) is 5.18. The van der Waals surface area contributed by atoms with Crippen molar-refractivity contribution in [3.63, 3.8) is 0 Å². The molecular weight excluding hydrogens is 304 g/mol. The number of para-hydroxylation sites is 1. The van der Waals surface area contributed by atoms with Gasteiger partial charge in [0.25, 0.3) is 0 Å². The standard InChI is InChI=1S/C16H17ClN2OS/c1-10(14-8-9-15(17)21-14)18-13-7-6-11-4-2-3-5-12(11)19-16(13)20/h2-5,8-10,13,18H,6-7H2,1H3,(H,19,20). The summed E-state index contributed by atoms with van der Waals surface area (Å²) in [6.07, 6.45) is 1.69. The zero-order valence-electron chi connectivity index (χ0n) is 11.7. The van der Waals surface area contributed by atoms with Crippen molar-refractivity contribution in [2.24, 2.45) is 0 Å². The molecule has 21 heavy (non-hydrogen) atoms. The van der Waals surface area contributed by atoms with E-state index in [0.717, 1.165) is 27.7 Å². The first kappa shape index (κ1) is 14.6. The second-order valence-corrected chi connectivity index (χ2v) is 7.01. The number of rotatable bonds is 3. The van der Waals surface area contributed by atoms with Crippen molar-refractivity contribution in [3.8, 4) is 0 Å². The molecule has 2 unspecified atom stereocenters. The highest BCUT2D eigenvalue weighted by atomic mass is 35.5. The van der Waals surface area contributed by atoms with Gasteiger partial charge in [0.1, 0.15) is 0 Å². The number of benzene rings is 1. The van der Waals surface area contributed by atoms with Crippen LogP contribution in [0.25, 0.3) is 0 Å². The highest BCUT2D eigenvalue weighted by molar-refractivity contribution is 7.16. The van der Waals surface area contributed by atoms with Crippen LogP contribution in [0.1, 0.15) is 29.8 Å². The van der Waals surface area contributed by atoms with Crippen molar-refractivity contribution in [1.82, 2.24) is 5.32 Å². The Morgan fingerprint density at radius 2 is 2.14 bits per heavy atom. The van der Waals surface area contributed by atoms with Crippen LogP contribution in [0.2, 0.25) is 4.34 Å². The number of thiophene rings is 1. The van der Waals surface area contributed by atoms with Crippen LogP contribution >= 0.6 is 22.9 Å². The minimum atomic E-state index is -0.187. The fourth-order valence-corrected chi connectivity index (χ4v) is 3.69. The van der Waals surface area contributed by atoms with E-state index in [0.29, 0.717) is 0 Å². The molecule has 0 bridgehead atoms. The molecule has 3 rings (SSSR count). The molecule has 0 saturated carbocycles. The van der Waals surface area contributed by atoms with Crippen molar-refractivity contribution in [1.29, 1.82) is 0 Å². The molecule has 0 saturated heterocycles. The van der Waals surface area contributed by atoms with Gasteiger partial charge < -0.3 is 5.32 Å². The number of amides is 1. The van der Waals surface area contributed by atoms with E-state index in [4.69, 9.17) is 11.6 Å². The number of anilines is 1. The van der Waals surface area contributed by atoms with Gasteiger partial charge in [0, 0.05) is 16.6 Å². The van der Waals surface area contributed by atoms with Gasteiger partial charge in [-0.15, -0.1) is 11.3 Å². The van der Waals surface area contributed by atoms with Crippen LogP contribution in [-0.4, -0.2) is 11.9 Å². The summed E-state index contributed by atoms with van der Waals surface area (Å²) < 4.78 is 0.774. The van der Waals surface area contributed by atoms with Gasteiger partial charge in [-0.1, -0.05) is 29.8 Å². The molecule has 1 aliphatic rings. The first-order chi connectivity index (χ1) is 10.1. The smallest absolute Gasteiger partial charge is 0.241 e. The highest BCUT2D eigenvalue weighted by Gasteiger charge is 2.25. The number of fused-ring (bicyclic) bond motifs is 1. The van der Waals surface area contributed by atoms with Gasteiger partial charge in [-0.2, -0.15) is 0 Å². The molecule has 5 heteroatoms. The predicted octanol–water partition coefficient (Wildman–Crippen LogP) is 4.01. The van der Waals surface area contributed by atoms with Gasteiger partial charge in [0.05, 0.1) is 10.4 Å². The number of nitrogens with one attached hydrogen (secondary N) is 2. The molecule has 1 aliphatic heterocycles. The maximum atomic E-state index is 12.4. The van der Waals surface area contributed by atoms with Gasteiger partial charge >= 0.3 is 0 Å². The summed E-state index contributed by atoms with van der Waals surface area (Å²) in [5, 5.41) is 6.42. The fourth-order valence-electron chi connectivity index (χ4n) is 2.61. The number of aryl methyl sites for hydroxylation is 1. The molecule has 1 aromatic carbocycles. The number of halogens is 1. The van der Waals surface area contributed by atoms with Gasteiger partial charge in [0.15, 0.2) is 0 Å². The summed E-state index contributed by atoms with van der Waals surface area (Å²) in [5.74, 6) is 0.0365. The molecule has 1 amide bonds. The van der Waals surface area contributed by atoms with Gasteiger partial charge in [-0.3, -0.25) is 10.1 Å². The second kappa shape index (κ2) is 6.18. The molecule has 110 valence electrons. The summed E-state index contributed by atoms with van der Waals surface area (Å²) >= 11 is 7.52. The lowest BCUT2D eigenvalue weighted by molar-refractivity contribution is -0.118. The predicted molar refractivity (Wildman–Crippen MR) is 88.1 cm³/mol. The summed E-state index contributed by atoms with van der Waals surface area (Å²) in [5.41, 5.74) is 2.13. The molecule has 1 aromatic heterocycles. The fraction of sp³-hybridized carbons (Fsp3) is 0.312. The van der Waals surface area contributed by atoms with Crippen LogP contribution in [-0.2, 0) is 11.2 Å². The Hall–Kier alpha value is -1.36. The average molecular weight is 321 g/mol. The van der Waals surface area contributed by atoms with E-state index >= 15 is 0 Å². The Labute approximate surface area is 133 Å². The molecule has 0 aliphatic carbocycles. The number of carbonyl (C=O) groups excluding carboxylic acids is 1. The SMILES string of the molecule is CC(NC1CCc2ccccc2NC1=O)c1ccc(Cl)s1. The van der Waals surface area contributed by atoms with Crippen LogP contribution in [0, 0.1) is 0 Å². The first-order valence-electron chi connectivity index (χ1n) is 7.03. The van der Waals surface area contributed by atoms with Crippen molar-refractivity contribution >= 4 is 34.5 Å². The van der Waals surface area contributed by atoms with Gasteiger partial charge in [-0.05, 0) is 43.5 Å².